The van der Waals surface area contributed by atoms with Gasteiger partial charge in [0.25, 0.3) is 0 Å². The topological polar surface area (TPSA) is 47.6 Å². The molecule has 1 unspecified atom stereocenters. The van der Waals surface area contributed by atoms with Gasteiger partial charge in [-0.2, -0.15) is 0 Å². The minimum absolute atomic E-state index is 0.0823. The lowest BCUT2D eigenvalue weighted by Crippen LogP contribution is -2.41. The molecule has 0 aromatic rings. The van der Waals surface area contributed by atoms with Crippen LogP contribution in [0.2, 0.25) is 6.32 Å². The molecule has 0 aliphatic carbocycles. The van der Waals surface area contributed by atoms with E-state index in [-0.39, 0.29) is 35.7 Å². The van der Waals surface area contributed by atoms with Crippen molar-refractivity contribution in [2.45, 2.75) is 85.4 Å². The molecule has 1 rings (SSSR count). The normalized spacial score (nSPS) is 22.7. The van der Waals surface area contributed by atoms with Crippen LogP contribution >= 0.6 is 0 Å². The van der Waals surface area contributed by atoms with E-state index in [0.29, 0.717) is 0 Å². The van der Waals surface area contributed by atoms with E-state index in [9.17, 15) is 4.79 Å². The fraction of sp³-hybridized carbons (Fsp3) is 0.933. The molecule has 0 spiro atoms. The first kappa shape index (κ1) is 17.5. The van der Waals surface area contributed by atoms with E-state index in [0.717, 1.165) is 12.7 Å². The van der Waals surface area contributed by atoms with E-state index < -0.39 is 0 Å². The lowest BCUT2D eigenvalue weighted by Gasteiger charge is -2.32. The Bertz CT molecular complexity index is 345. The highest BCUT2D eigenvalue weighted by Crippen LogP contribution is 2.38. The smallest absolute Gasteiger partial charge is 0.403 e. The maximum Gasteiger partial charge on any atom is 0.457 e. The summed E-state index contributed by atoms with van der Waals surface area (Å²) in [6, 6.07) is 0.126. The Kier molecular flexibility index (Phi) is 4.97. The molecule has 0 radical (unpaired) electrons. The van der Waals surface area contributed by atoms with E-state index >= 15 is 0 Å². The number of hydrogen-bond donors (Lipinski definition) is 1. The fourth-order valence-corrected chi connectivity index (χ4v) is 1.98. The lowest BCUT2D eigenvalue weighted by atomic mass is 9.81. The summed E-state index contributed by atoms with van der Waals surface area (Å²) in [5.41, 5.74) is -0.913. The molecule has 0 aromatic carbocycles. The molecule has 1 amide bonds. The number of nitrogens with one attached hydrogen (secondary N) is 1. The van der Waals surface area contributed by atoms with Crippen LogP contribution in [0.4, 0.5) is 0 Å². The SMILES string of the molecule is CC(CCB1OC(C)(C)C(C)(C)O1)NC(=O)C(C)(C)C. The Labute approximate surface area is 124 Å². The highest BCUT2D eigenvalue weighted by molar-refractivity contribution is 6.45. The molecular formula is C15H30BNO3. The molecule has 0 bridgehead atoms. The van der Waals surface area contributed by atoms with E-state index in [2.05, 4.69) is 33.0 Å². The van der Waals surface area contributed by atoms with Crippen molar-refractivity contribution in [2.75, 3.05) is 0 Å². The van der Waals surface area contributed by atoms with Gasteiger partial charge in [0.2, 0.25) is 5.91 Å². The van der Waals surface area contributed by atoms with Gasteiger partial charge in [-0.1, -0.05) is 20.8 Å². The summed E-state index contributed by atoms with van der Waals surface area (Å²) in [5, 5.41) is 3.04. The summed E-state index contributed by atoms with van der Waals surface area (Å²) in [7, 11) is -0.186. The van der Waals surface area contributed by atoms with Crippen molar-refractivity contribution < 1.29 is 14.1 Å². The predicted molar refractivity (Wildman–Crippen MR) is 82.6 cm³/mol. The first-order chi connectivity index (χ1) is 8.85. The van der Waals surface area contributed by atoms with Crippen molar-refractivity contribution in [1.82, 2.24) is 5.32 Å². The molecule has 1 atom stereocenters. The second kappa shape index (κ2) is 5.68. The van der Waals surface area contributed by atoms with Crippen molar-refractivity contribution in [3.05, 3.63) is 0 Å². The second-order valence-electron chi connectivity index (χ2n) is 7.89. The highest BCUT2D eigenvalue weighted by atomic mass is 16.7. The molecule has 1 N–H and O–H groups in total. The molecule has 1 heterocycles. The summed E-state index contributed by atoms with van der Waals surface area (Å²) in [5.74, 6) is 0.0823. The van der Waals surface area contributed by atoms with Crippen molar-refractivity contribution in [1.29, 1.82) is 0 Å². The van der Waals surface area contributed by atoms with Gasteiger partial charge < -0.3 is 14.6 Å². The summed E-state index contributed by atoms with van der Waals surface area (Å²) in [6.45, 7) is 16.0. The average molecular weight is 283 g/mol. The quantitative estimate of drug-likeness (QED) is 0.807. The Morgan fingerprint density at radius 3 is 2.00 bits per heavy atom. The third-order valence-corrected chi connectivity index (χ3v) is 4.20. The van der Waals surface area contributed by atoms with Crippen LogP contribution in [0, 0.1) is 5.41 Å². The molecule has 1 saturated heterocycles. The van der Waals surface area contributed by atoms with Gasteiger partial charge in [-0.05, 0) is 47.4 Å². The molecule has 116 valence electrons. The Balaban J connectivity index is 2.40. The zero-order chi connectivity index (χ0) is 15.8. The molecule has 1 aliphatic heterocycles. The van der Waals surface area contributed by atoms with Gasteiger partial charge in [0.1, 0.15) is 0 Å². The summed E-state index contributed by atoms with van der Waals surface area (Å²) < 4.78 is 11.9. The Hall–Kier alpha value is -0.545. The third kappa shape index (κ3) is 4.22. The number of amides is 1. The van der Waals surface area contributed by atoms with Crippen LogP contribution in [0.1, 0.15) is 61.8 Å². The van der Waals surface area contributed by atoms with E-state index in [1.54, 1.807) is 0 Å². The lowest BCUT2D eigenvalue weighted by molar-refractivity contribution is -0.129. The molecule has 0 saturated carbocycles. The molecule has 1 fully saturated rings. The zero-order valence-electron chi connectivity index (χ0n) is 14.3. The van der Waals surface area contributed by atoms with Gasteiger partial charge in [-0.15, -0.1) is 0 Å². The van der Waals surface area contributed by atoms with Gasteiger partial charge in [-0.3, -0.25) is 4.79 Å². The van der Waals surface area contributed by atoms with Crippen molar-refractivity contribution in [2.24, 2.45) is 5.41 Å². The van der Waals surface area contributed by atoms with Gasteiger partial charge in [-0.25, -0.2) is 0 Å². The van der Waals surface area contributed by atoms with Gasteiger partial charge in [0.15, 0.2) is 0 Å². The fourth-order valence-electron chi connectivity index (χ4n) is 1.98. The van der Waals surface area contributed by atoms with E-state index in [1.165, 1.54) is 0 Å². The maximum absolute atomic E-state index is 11.9. The highest BCUT2D eigenvalue weighted by Gasteiger charge is 2.50. The number of rotatable bonds is 4. The second-order valence-corrected chi connectivity index (χ2v) is 7.89. The van der Waals surface area contributed by atoms with Crippen molar-refractivity contribution in [3.63, 3.8) is 0 Å². The molecular weight excluding hydrogens is 253 g/mol. The van der Waals surface area contributed by atoms with E-state index in [1.807, 2.05) is 27.7 Å². The van der Waals surface area contributed by atoms with Crippen LogP contribution < -0.4 is 5.32 Å². The van der Waals surface area contributed by atoms with Crippen LogP contribution in [-0.2, 0) is 14.1 Å². The van der Waals surface area contributed by atoms with Crippen molar-refractivity contribution in [3.8, 4) is 0 Å². The number of carbonyl (C=O) groups excluding carboxylic acids is 1. The minimum Gasteiger partial charge on any atom is -0.403 e. The van der Waals surface area contributed by atoms with Crippen LogP contribution in [0.5, 0.6) is 0 Å². The number of carbonyl (C=O) groups is 1. The molecule has 20 heavy (non-hydrogen) atoms. The summed E-state index contributed by atoms with van der Waals surface area (Å²) in [6.07, 6.45) is 1.64. The van der Waals surface area contributed by atoms with Crippen molar-refractivity contribution >= 4 is 13.0 Å². The molecule has 5 heteroatoms. The van der Waals surface area contributed by atoms with Crippen LogP contribution in [-0.4, -0.2) is 30.3 Å². The van der Waals surface area contributed by atoms with Gasteiger partial charge in [0, 0.05) is 11.5 Å². The zero-order valence-corrected chi connectivity index (χ0v) is 14.3. The Morgan fingerprint density at radius 2 is 1.60 bits per heavy atom. The van der Waals surface area contributed by atoms with Crippen LogP contribution in [0.25, 0.3) is 0 Å². The minimum atomic E-state index is -0.349. The van der Waals surface area contributed by atoms with Crippen LogP contribution in [0.15, 0.2) is 0 Å². The Morgan fingerprint density at radius 1 is 1.15 bits per heavy atom. The first-order valence-electron chi connectivity index (χ1n) is 7.52. The van der Waals surface area contributed by atoms with Crippen LogP contribution in [0.3, 0.4) is 0 Å². The van der Waals surface area contributed by atoms with Gasteiger partial charge in [0.05, 0.1) is 11.2 Å². The molecule has 0 aromatic heterocycles. The summed E-state index contributed by atoms with van der Waals surface area (Å²) >= 11 is 0. The standard InChI is InChI=1S/C15H30BNO3/c1-11(17-12(18)13(2,3)4)9-10-16-19-14(5,6)15(7,8)20-16/h11H,9-10H2,1-8H3,(H,17,18). The van der Waals surface area contributed by atoms with Gasteiger partial charge >= 0.3 is 7.12 Å². The first-order valence-corrected chi connectivity index (χ1v) is 7.52. The molecule has 4 nitrogen and oxygen atoms in total. The largest absolute Gasteiger partial charge is 0.457 e. The predicted octanol–water partition coefficient (Wildman–Crippen LogP) is 3.02. The summed E-state index contributed by atoms with van der Waals surface area (Å²) in [4.78, 5) is 11.9. The monoisotopic (exact) mass is 283 g/mol. The van der Waals surface area contributed by atoms with E-state index in [4.69, 9.17) is 9.31 Å². The average Bonchev–Trinajstić information content (AvgIpc) is 2.43. The third-order valence-electron chi connectivity index (χ3n) is 4.20. The molecule has 1 aliphatic rings. The maximum atomic E-state index is 11.9. The number of hydrogen-bond acceptors (Lipinski definition) is 3.